The maximum Gasteiger partial charge on any atom is 0.354 e. The fourth-order valence-electron chi connectivity index (χ4n) is 1.94. The molecule has 0 radical (unpaired) electrons. The molecule has 0 spiro atoms. The third-order valence-electron chi connectivity index (χ3n) is 3.01. The molecule has 0 atom stereocenters. The van der Waals surface area contributed by atoms with Crippen molar-refractivity contribution in [3.63, 3.8) is 0 Å². The lowest BCUT2D eigenvalue weighted by Crippen LogP contribution is -2.07. The molecular formula is C14H13N3O4. The average molecular weight is 287 g/mol. The van der Waals surface area contributed by atoms with E-state index in [-0.39, 0.29) is 17.2 Å². The number of aromatic carboxylic acids is 1. The summed E-state index contributed by atoms with van der Waals surface area (Å²) in [7, 11) is 0. The molecule has 0 amide bonds. The van der Waals surface area contributed by atoms with E-state index in [0.29, 0.717) is 5.69 Å². The molecule has 1 aromatic heterocycles. The quantitative estimate of drug-likeness (QED) is 0.661. The van der Waals surface area contributed by atoms with E-state index in [1.807, 2.05) is 32.0 Å². The first-order chi connectivity index (χ1) is 9.90. The van der Waals surface area contributed by atoms with Gasteiger partial charge in [0.15, 0.2) is 5.69 Å². The molecule has 2 N–H and O–H groups in total. The van der Waals surface area contributed by atoms with Gasteiger partial charge < -0.3 is 10.4 Å². The monoisotopic (exact) mass is 287 g/mol. The van der Waals surface area contributed by atoms with Gasteiger partial charge in [0, 0.05) is 11.8 Å². The SMILES string of the molecule is Cc1cccc(C)c1Nc1nc(C(=O)O)ccc1[N+](=O)[O-]. The molecule has 0 bridgehead atoms. The first kappa shape index (κ1) is 14.4. The van der Waals surface area contributed by atoms with Crippen LogP contribution in [0.1, 0.15) is 21.6 Å². The number of para-hydroxylation sites is 1. The van der Waals surface area contributed by atoms with Crippen molar-refractivity contribution in [3.8, 4) is 0 Å². The second-order valence-corrected chi connectivity index (χ2v) is 4.52. The van der Waals surface area contributed by atoms with Gasteiger partial charge in [0.1, 0.15) is 0 Å². The number of benzene rings is 1. The summed E-state index contributed by atoms with van der Waals surface area (Å²) in [6.07, 6.45) is 0. The Balaban J connectivity index is 2.53. The largest absolute Gasteiger partial charge is 0.477 e. The van der Waals surface area contributed by atoms with Gasteiger partial charge in [-0.15, -0.1) is 0 Å². The summed E-state index contributed by atoms with van der Waals surface area (Å²) < 4.78 is 0. The van der Waals surface area contributed by atoms with Gasteiger partial charge in [0.05, 0.1) is 4.92 Å². The van der Waals surface area contributed by atoms with Gasteiger partial charge in [0.25, 0.3) is 0 Å². The third-order valence-corrected chi connectivity index (χ3v) is 3.01. The minimum atomic E-state index is -1.24. The van der Waals surface area contributed by atoms with Gasteiger partial charge in [-0.2, -0.15) is 0 Å². The van der Waals surface area contributed by atoms with Crippen LogP contribution in [-0.2, 0) is 0 Å². The van der Waals surface area contributed by atoms with Crippen molar-refractivity contribution in [2.75, 3.05) is 5.32 Å². The van der Waals surface area contributed by atoms with Crippen LogP contribution in [0.3, 0.4) is 0 Å². The molecule has 0 aliphatic rings. The second kappa shape index (κ2) is 5.58. The standard InChI is InChI=1S/C14H13N3O4/c1-8-4-3-5-9(2)12(8)16-13-11(17(20)21)7-6-10(15-13)14(18)19/h3-7H,1-2H3,(H,15,16)(H,18,19). The van der Waals surface area contributed by atoms with Gasteiger partial charge in [0.2, 0.25) is 5.82 Å². The van der Waals surface area contributed by atoms with Crippen molar-refractivity contribution >= 4 is 23.2 Å². The van der Waals surface area contributed by atoms with Crippen molar-refractivity contribution in [1.29, 1.82) is 0 Å². The minimum absolute atomic E-state index is 0.0858. The summed E-state index contributed by atoms with van der Waals surface area (Å²) in [5.74, 6) is -1.33. The Kier molecular flexibility index (Phi) is 3.84. The summed E-state index contributed by atoms with van der Waals surface area (Å²) >= 11 is 0. The Morgan fingerprint density at radius 2 is 1.86 bits per heavy atom. The summed E-state index contributed by atoms with van der Waals surface area (Å²) in [5.41, 5.74) is 1.91. The fourth-order valence-corrected chi connectivity index (χ4v) is 1.94. The van der Waals surface area contributed by atoms with Gasteiger partial charge in [-0.25, -0.2) is 9.78 Å². The normalized spacial score (nSPS) is 10.2. The van der Waals surface area contributed by atoms with Crippen LogP contribution in [-0.4, -0.2) is 21.0 Å². The average Bonchev–Trinajstić information content (AvgIpc) is 2.42. The highest BCUT2D eigenvalue weighted by molar-refractivity contribution is 5.87. The van der Waals surface area contributed by atoms with E-state index >= 15 is 0 Å². The highest BCUT2D eigenvalue weighted by atomic mass is 16.6. The highest BCUT2D eigenvalue weighted by Gasteiger charge is 2.19. The van der Waals surface area contributed by atoms with Crippen LogP contribution in [0.5, 0.6) is 0 Å². The number of hydrogen-bond donors (Lipinski definition) is 2. The van der Waals surface area contributed by atoms with Crippen LogP contribution in [0.15, 0.2) is 30.3 Å². The van der Waals surface area contributed by atoms with Crippen LogP contribution in [0.25, 0.3) is 0 Å². The number of aryl methyl sites for hydroxylation is 2. The molecule has 2 rings (SSSR count). The van der Waals surface area contributed by atoms with Crippen molar-refractivity contribution in [3.05, 3.63) is 57.3 Å². The predicted octanol–water partition coefficient (Wildman–Crippen LogP) is 3.05. The number of aromatic nitrogens is 1. The van der Waals surface area contributed by atoms with E-state index in [4.69, 9.17) is 5.11 Å². The van der Waals surface area contributed by atoms with E-state index in [1.165, 1.54) is 0 Å². The number of anilines is 2. The molecule has 1 heterocycles. The first-order valence-electron chi connectivity index (χ1n) is 6.12. The van der Waals surface area contributed by atoms with E-state index < -0.39 is 10.9 Å². The summed E-state index contributed by atoms with van der Waals surface area (Å²) in [4.78, 5) is 25.2. The van der Waals surface area contributed by atoms with Crippen molar-refractivity contribution < 1.29 is 14.8 Å². The number of carboxylic acid groups (broad SMARTS) is 1. The molecule has 1 aromatic carbocycles. The van der Waals surface area contributed by atoms with Crippen LogP contribution in [0.2, 0.25) is 0 Å². The Morgan fingerprint density at radius 3 is 2.38 bits per heavy atom. The zero-order chi connectivity index (χ0) is 15.6. The smallest absolute Gasteiger partial charge is 0.354 e. The van der Waals surface area contributed by atoms with E-state index in [1.54, 1.807) is 0 Å². The number of nitro groups is 1. The topological polar surface area (TPSA) is 105 Å². The van der Waals surface area contributed by atoms with Crippen molar-refractivity contribution in [2.24, 2.45) is 0 Å². The number of rotatable bonds is 4. The molecule has 21 heavy (non-hydrogen) atoms. The summed E-state index contributed by atoms with van der Waals surface area (Å²) in [6, 6.07) is 7.80. The summed E-state index contributed by atoms with van der Waals surface area (Å²) in [5, 5.41) is 22.9. The maximum absolute atomic E-state index is 11.0. The van der Waals surface area contributed by atoms with E-state index in [2.05, 4.69) is 10.3 Å². The number of carbonyl (C=O) groups is 1. The zero-order valence-electron chi connectivity index (χ0n) is 11.5. The van der Waals surface area contributed by atoms with Crippen LogP contribution >= 0.6 is 0 Å². The number of nitrogens with one attached hydrogen (secondary N) is 1. The lowest BCUT2D eigenvalue weighted by atomic mass is 10.1. The zero-order valence-corrected chi connectivity index (χ0v) is 11.5. The molecule has 7 nitrogen and oxygen atoms in total. The Hall–Kier alpha value is -2.96. The number of pyridine rings is 1. The Morgan fingerprint density at radius 1 is 1.24 bits per heavy atom. The molecule has 0 saturated heterocycles. The highest BCUT2D eigenvalue weighted by Crippen LogP contribution is 2.29. The Labute approximate surface area is 120 Å². The van der Waals surface area contributed by atoms with Gasteiger partial charge in [-0.1, -0.05) is 18.2 Å². The number of nitrogens with zero attached hydrogens (tertiary/aromatic N) is 2. The van der Waals surface area contributed by atoms with Crippen molar-refractivity contribution in [2.45, 2.75) is 13.8 Å². The van der Waals surface area contributed by atoms with Gasteiger partial charge >= 0.3 is 11.7 Å². The molecule has 0 aliphatic carbocycles. The number of hydrogen-bond acceptors (Lipinski definition) is 5. The molecule has 0 unspecified atom stereocenters. The number of carboxylic acids is 1. The van der Waals surface area contributed by atoms with Gasteiger partial charge in [-0.3, -0.25) is 10.1 Å². The van der Waals surface area contributed by atoms with Crippen molar-refractivity contribution in [1.82, 2.24) is 4.98 Å². The van der Waals surface area contributed by atoms with Crippen LogP contribution in [0, 0.1) is 24.0 Å². The first-order valence-corrected chi connectivity index (χ1v) is 6.12. The van der Waals surface area contributed by atoms with Gasteiger partial charge in [-0.05, 0) is 31.0 Å². The molecule has 7 heteroatoms. The van der Waals surface area contributed by atoms with E-state index in [0.717, 1.165) is 23.3 Å². The third kappa shape index (κ3) is 2.97. The molecule has 2 aromatic rings. The maximum atomic E-state index is 11.0. The molecular weight excluding hydrogens is 274 g/mol. The van der Waals surface area contributed by atoms with Crippen LogP contribution < -0.4 is 5.32 Å². The lowest BCUT2D eigenvalue weighted by molar-refractivity contribution is -0.384. The molecule has 108 valence electrons. The minimum Gasteiger partial charge on any atom is -0.477 e. The molecule has 0 aliphatic heterocycles. The molecule has 0 fully saturated rings. The lowest BCUT2D eigenvalue weighted by Gasteiger charge is -2.12. The summed E-state index contributed by atoms with van der Waals surface area (Å²) in [6.45, 7) is 3.70. The second-order valence-electron chi connectivity index (χ2n) is 4.52. The molecule has 0 saturated carbocycles. The van der Waals surface area contributed by atoms with Crippen LogP contribution in [0.4, 0.5) is 17.2 Å². The Bertz CT molecular complexity index is 708. The fraction of sp³-hybridized carbons (Fsp3) is 0.143. The predicted molar refractivity (Wildman–Crippen MR) is 77.0 cm³/mol. The van der Waals surface area contributed by atoms with E-state index in [9.17, 15) is 14.9 Å².